The van der Waals surface area contributed by atoms with Gasteiger partial charge in [0.2, 0.25) is 12.2 Å². The van der Waals surface area contributed by atoms with E-state index < -0.39 is 0 Å². The van der Waals surface area contributed by atoms with Crippen LogP contribution in [0.5, 0.6) is 0 Å². The average molecular weight is 293 g/mol. The minimum absolute atomic E-state index is 0.186. The van der Waals surface area contributed by atoms with Gasteiger partial charge in [0.15, 0.2) is 0 Å². The van der Waals surface area contributed by atoms with E-state index in [9.17, 15) is 0 Å². The van der Waals surface area contributed by atoms with Gasteiger partial charge in [0.25, 0.3) is 0 Å². The minimum Gasteiger partial charge on any atom is -0.396 e. The van der Waals surface area contributed by atoms with Gasteiger partial charge in [-0.1, -0.05) is 6.42 Å². The molecule has 2 fully saturated rings. The molecule has 0 spiro atoms. The highest BCUT2D eigenvalue weighted by Crippen LogP contribution is 2.12. The lowest BCUT2D eigenvalue weighted by Gasteiger charge is -2.27. The maximum atomic E-state index is 8.94. The molecule has 0 radical (unpaired) electrons. The van der Waals surface area contributed by atoms with Crippen LogP contribution in [0.3, 0.4) is 0 Å². The first-order valence-electron chi connectivity index (χ1n) is 8.15. The third-order valence-electron chi connectivity index (χ3n) is 4.29. The van der Waals surface area contributed by atoms with Crippen molar-refractivity contribution in [3.8, 4) is 6.19 Å². The highest BCUT2D eigenvalue weighted by atomic mass is 16.3. The Morgan fingerprint density at radius 3 is 2.24 bits per heavy atom. The summed E-state index contributed by atoms with van der Waals surface area (Å²) in [6.07, 6.45) is 7.81. The molecule has 0 aromatic rings. The molecule has 6 heteroatoms. The molecule has 2 aliphatic heterocycles. The maximum absolute atomic E-state index is 8.94. The summed E-state index contributed by atoms with van der Waals surface area (Å²) < 4.78 is 0. The molecule has 2 heterocycles. The molecule has 0 unspecified atom stereocenters. The van der Waals surface area contributed by atoms with Gasteiger partial charge in [0.1, 0.15) is 0 Å². The quantitative estimate of drug-likeness (QED) is 0.700. The Morgan fingerprint density at radius 2 is 1.62 bits per heavy atom. The van der Waals surface area contributed by atoms with Crippen LogP contribution < -0.4 is 0 Å². The summed E-state index contributed by atoms with van der Waals surface area (Å²) in [5, 5.41) is 17.8. The van der Waals surface area contributed by atoms with Crippen LogP contribution in [-0.4, -0.2) is 78.2 Å². The van der Waals surface area contributed by atoms with E-state index in [1.807, 2.05) is 6.19 Å². The van der Waals surface area contributed by atoms with Crippen molar-refractivity contribution >= 4 is 5.96 Å². The van der Waals surface area contributed by atoms with Crippen molar-refractivity contribution in [2.45, 2.75) is 32.1 Å². The van der Waals surface area contributed by atoms with E-state index in [0.29, 0.717) is 0 Å². The Bertz CT molecular complexity index is 373. The maximum Gasteiger partial charge on any atom is 0.212 e. The topological polar surface area (TPSA) is 66.1 Å². The van der Waals surface area contributed by atoms with Gasteiger partial charge in [-0.05, 0) is 45.3 Å². The van der Waals surface area contributed by atoms with Gasteiger partial charge < -0.3 is 19.8 Å². The highest BCUT2D eigenvalue weighted by Gasteiger charge is 2.25. The minimum atomic E-state index is 0.186. The zero-order chi connectivity index (χ0) is 14.9. The fourth-order valence-electron chi connectivity index (χ4n) is 3.18. The van der Waals surface area contributed by atoms with Gasteiger partial charge in [-0.2, -0.15) is 5.26 Å². The molecule has 0 bridgehead atoms. The molecule has 2 aliphatic rings. The number of aliphatic imine (C=N–C) groups is 1. The lowest BCUT2D eigenvalue weighted by atomic mass is 10.1. The molecule has 0 aromatic heterocycles. The number of guanidine groups is 1. The van der Waals surface area contributed by atoms with E-state index in [0.717, 1.165) is 51.5 Å². The van der Waals surface area contributed by atoms with Crippen LogP contribution in [0, 0.1) is 11.5 Å². The Kier molecular flexibility index (Phi) is 6.77. The molecule has 0 aromatic carbocycles. The zero-order valence-electron chi connectivity index (χ0n) is 12.9. The van der Waals surface area contributed by atoms with Gasteiger partial charge in [-0.15, -0.1) is 4.99 Å². The Hall–Kier alpha value is -1.32. The summed E-state index contributed by atoms with van der Waals surface area (Å²) in [7, 11) is 0. The summed E-state index contributed by atoms with van der Waals surface area (Å²) in [6.45, 7) is 7.39. The number of likely N-dealkylation sites (tertiary alicyclic amines) is 1. The predicted molar refractivity (Wildman–Crippen MR) is 82.8 cm³/mol. The third-order valence-corrected chi connectivity index (χ3v) is 4.29. The van der Waals surface area contributed by atoms with Crippen molar-refractivity contribution < 1.29 is 5.11 Å². The van der Waals surface area contributed by atoms with Gasteiger partial charge in [0.05, 0.1) is 0 Å². The molecule has 118 valence electrons. The van der Waals surface area contributed by atoms with Crippen molar-refractivity contribution in [3.63, 3.8) is 0 Å². The second kappa shape index (κ2) is 8.85. The molecule has 0 atom stereocenters. The van der Waals surface area contributed by atoms with E-state index in [4.69, 9.17) is 10.4 Å². The van der Waals surface area contributed by atoms with Crippen molar-refractivity contribution in [2.24, 2.45) is 4.99 Å². The average Bonchev–Trinajstić information content (AvgIpc) is 2.89. The van der Waals surface area contributed by atoms with Crippen LogP contribution in [0.1, 0.15) is 32.1 Å². The van der Waals surface area contributed by atoms with Crippen LogP contribution in [0.15, 0.2) is 4.99 Å². The van der Waals surface area contributed by atoms with Gasteiger partial charge >= 0.3 is 0 Å². The molecule has 1 N–H and O–H groups in total. The van der Waals surface area contributed by atoms with Crippen molar-refractivity contribution in [1.29, 1.82) is 5.26 Å². The number of rotatable bonds is 7. The van der Waals surface area contributed by atoms with Crippen LogP contribution in [0.4, 0.5) is 0 Å². The zero-order valence-corrected chi connectivity index (χ0v) is 12.9. The van der Waals surface area contributed by atoms with E-state index >= 15 is 0 Å². The first kappa shape index (κ1) is 16.1. The van der Waals surface area contributed by atoms with E-state index in [1.54, 1.807) is 0 Å². The van der Waals surface area contributed by atoms with E-state index in [2.05, 4.69) is 19.7 Å². The number of hydrogen-bond donors (Lipinski definition) is 1. The SMILES string of the molecule is N#CN=C1N(CCCO)CCN1CCCN1CCCCC1. The first-order chi connectivity index (χ1) is 10.3. The fourth-order valence-corrected chi connectivity index (χ4v) is 3.18. The van der Waals surface area contributed by atoms with Crippen molar-refractivity contribution in [1.82, 2.24) is 14.7 Å². The monoisotopic (exact) mass is 293 g/mol. The molecule has 0 amide bonds. The summed E-state index contributed by atoms with van der Waals surface area (Å²) in [4.78, 5) is 10.9. The molecule has 6 nitrogen and oxygen atoms in total. The molecule has 0 saturated carbocycles. The molecule has 2 rings (SSSR count). The first-order valence-corrected chi connectivity index (χ1v) is 8.15. The molecular weight excluding hydrogens is 266 g/mol. The van der Waals surface area contributed by atoms with E-state index in [-0.39, 0.29) is 6.61 Å². The number of piperidine rings is 1. The van der Waals surface area contributed by atoms with Crippen molar-refractivity contribution in [3.05, 3.63) is 0 Å². The second-order valence-corrected chi connectivity index (χ2v) is 5.82. The summed E-state index contributed by atoms with van der Waals surface area (Å²) >= 11 is 0. The largest absolute Gasteiger partial charge is 0.396 e. The smallest absolute Gasteiger partial charge is 0.212 e. The fraction of sp³-hybridized carbons (Fsp3) is 0.867. The van der Waals surface area contributed by atoms with Gasteiger partial charge in [-0.3, -0.25) is 0 Å². The van der Waals surface area contributed by atoms with Crippen LogP contribution in [0.25, 0.3) is 0 Å². The highest BCUT2D eigenvalue weighted by molar-refractivity contribution is 5.82. The standard InChI is InChI=1S/C15H27N5O/c16-14-17-15-19(11-12-20(15)10-5-13-21)9-4-8-18-6-2-1-3-7-18/h21H,1-13H2. The predicted octanol–water partition coefficient (Wildman–Crippen LogP) is 0.699. The summed E-state index contributed by atoms with van der Waals surface area (Å²) in [5.74, 6) is 0.796. The summed E-state index contributed by atoms with van der Waals surface area (Å²) in [6, 6.07) is 0. The Morgan fingerprint density at radius 1 is 0.952 bits per heavy atom. The molecule has 21 heavy (non-hydrogen) atoms. The number of aliphatic hydroxyl groups excluding tert-OH is 1. The summed E-state index contributed by atoms with van der Waals surface area (Å²) in [5.41, 5.74) is 0. The number of nitrogens with zero attached hydrogens (tertiary/aromatic N) is 5. The van der Waals surface area contributed by atoms with Crippen LogP contribution in [-0.2, 0) is 0 Å². The normalized spacial score (nSPS) is 22.0. The Balaban J connectivity index is 1.76. The Labute approximate surface area is 127 Å². The molecule has 0 aliphatic carbocycles. The number of aliphatic hydroxyl groups is 1. The van der Waals surface area contributed by atoms with Crippen LogP contribution >= 0.6 is 0 Å². The van der Waals surface area contributed by atoms with Crippen LogP contribution in [0.2, 0.25) is 0 Å². The third kappa shape index (κ3) is 4.87. The molecule has 2 saturated heterocycles. The second-order valence-electron chi connectivity index (χ2n) is 5.82. The lowest BCUT2D eigenvalue weighted by molar-refractivity contribution is 0.220. The van der Waals surface area contributed by atoms with Gasteiger partial charge in [0, 0.05) is 32.8 Å². The number of nitriles is 1. The van der Waals surface area contributed by atoms with Crippen molar-refractivity contribution in [2.75, 3.05) is 52.4 Å². The molecular formula is C15H27N5O. The van der Waals surface area contributed by atoms with Gasteiger partial charge in [-0.25, -0.2) is 0 Å². The van der Waals surface area contributed by atoms with E-state index in [1.165, 1.54) is 32.4 Å². The lowest BCUT2D eigenvalue weighted by Crippen LogP contribution is -2.37. The number of hydrogen-bond acceptors (Lipinski definition) is 4.